The number of ether oxygens (including phenoxy) is 1. The molecule has 26 heavy (non-hydrogen) atoms. The Labute approximate surface area is 152 Å². The standard InChI is InChI=1S/C21H21N3O2/c1-12-4-9-18(13(2)10-12)22-21(25)20-17-7-5-14-11-15(26-3)6-8-16(14)19(17)23-24-20/h4,6,8-11H,5,7H2,1-3H3,(H,22,25)(H,23,24). The molecule has 0 radical (unpaired) electrons. The molecule has 1 aliphatic rings. The van der Waals surface area contributed by atoms with E-state index in [4.69, 9.17) is 4.74 Å². The number of methoxy groups -OCH3 is 1. The Kier molecular flexibility index (Phi) is 3.99. The van der Waals surface area contributed by atoms with E-state index in [9.17, 15) is 4.79 Å². The summed E-state index contributed by atoms with van der Waals surface area (Å²) < 4.78 is 5.31. The smallest absolute Gasteiger partial charge is 0.273 e. The van der Waals surface area contributed by atoms with Gasteiger partial charge in [-0.2, -0.15) is 5.10 Å². The van der Waals surface area contributed by atoms with Gasteiger partial charge in [0.2, 0.25) is 0 Å². The van der Waals surface area contributed by atoms with Gasteiger partial charge in [-0.05, 0) is 62.1 Å². The molecule has 5 nitrogen and oxygen atoms in total. The summed E-state index contributed by atoms with van der Waals surface area (Å²) >= 11 is 0. The summed E-state index contributed by atoms with van der Waals surface area (Å²) in [5.41, 5.74) is 7.69. The van der Waals surface area contributed by atoms with Gasteiger partial charge in [0.05, 0.1) is 12.8 Å². The lowest BCUT2D eigenvalue weighted by atomic mass is 9.88. The Morgan fingerprint density at radius 2 is 2.00 bits per heavy atom. The number of anilines is 1. The molecule has 2 aromatic carbocycles. The van der Waals surface area contributed by atoms with Crippen LogP contribution in [0.2, 0.25) is 0 Å². The number of carbonyl (C=O) groups is 1. The maximum absolute atomic E-state index is 12.8. The van der Waals surface area contributed by atoms with Crippen molar-refractivity contribution in [1.29, 1.82) is 0 Å². The van der Waals surface area contributed by atoms with E-state index in [0.29, 0.717) is 5.69 Å². The quantitative estimate of drug-likeness (QED) is 0.751. The molecule has 0 saturated heterocycles. The fourth-order valence-corrected chi connectivity index (χ4v) is 3.55. The number of aromatic nitrogens is 2. The molecule has 3 aromatic rings. The number of carbonyl (C=O) groups excluding carboxylic acids is 1. The summed E-state index contributed by atoms with van der Waals surface area (Å²) in [5, 5.41) is 10.4. The fraction of sp³-hybridized carbons (Fsp3) is 0.238. The molecule has 0 aliphatic heterocycles. The van der Waals surface area contributed by atoms with E-state index < -0.39 is 0 Å². The lowest BCUT2D eigenvalue weighted by Gasteiger charge is -2.17. The molecule has 1 aliphatic carbocycles. The molecule has 132 valence electrons. The molecular formula is C21H21N3O2. The number of nitrogens with one attached hydrogen (secondary N) is 2. The van der Waals surface area contributed by atoms with Gasteiger partial charge in [0.25, 0.3) is 5.91 Å². The number of H-pyrrole nitrogens is 1. The molecule has 1 amide bonds. The Bertz CT molecular complexity index is 1000. The van der Waals surface area contributed by atoms with Crippen molar-refractivity contribution in [2.75, 3.05) is 12.4 Å². The lowest BCUT2D eigenvalue weighted by Crippen LogP contribution is -2.16. The molecule has 0 bridgehead atoms. The first kappa shape index (κ1) is 16.4. The summed E-state index contributed by atoms with van der Waals surface area (Å²) in [6.07, 6.45) is 1.64. The SMILES string of the molecule is COc1ccc2c(c1)CCc1c-2n[nH]c1C(=O)Nc1ccc(C)cc1C. The number of benzene rings is 2. The average molecular weight is 347 g/mol. The van der Waals surface area contributed by atoms with Crippen LogP contribution in [0.4, 0.5) is 5.69 Å². The molecule has 0 spiro atoms. The van der Waals surface area contributed by atoms with Gasteiger partial charge in [0.1, 0.15) is 11.4 Å². The molecule has 0 unspecified atom stereocenters. The van der Waals surface area contributed by atoms with Crippen molar-refractivity contribution in [2.24, 2.45) is 0 Å². The van der Waals surface area contributed by atoms with Gasteiger partial charge in [-0.15, -0.1) is 0 Å². The minimum atomic E-state index is -0.150. The second kappa shape index (κ2) is 6.33. The third-order valence-corrected chi connectivity index (χ3v) is 4.94. The zero-order chi connectivity index (χ0) is 18.3. The number of aromatic amines is 1. The highest BCUT2D eigenvalue weighted by atomic mass is 16.5. The van der Waals surface area contributed by atoms with Crippen LogP contribution < -0.4 is 10.1 Å². The van der Waals surface area contributed by atoms with Gasteiger partial charge in [0.15, 0.2) is 0 Å². The third-order valence-electron chi connectivity index (χ3n) is 4.94. The summed E-state index contributed by atoms with van der Waals surface area (Å²) in [4.78, 5) is 12.8. The van der Waals surface area contributed by atoms with Gasteiger partial charge in [-0.25, -0.2) is 0 Å². The number of aryl methyl sites for hydroxylation is 3. The van der Waals surface area contributed by atoms with E-state index in [2.05, 4.69) is 21.6 Å². The predicted molar refractivity (Wildman–Crippen MR) is 102 cm³/mol. The highest BCUT2D eigenvalue weighted by Crippen LogP contribution is 2.35. The minimum Gasteiger partial charge on any atom is -0.497 e. The van der Waals surface area contributed by atoms with Gasteiger partial charge in [0, 0.05) is 16.8 Å². The summed E-state index contributed by atoms with van der Waals surface area (Å²) in [6.45, 7) is 4.03. The third kappa shape index (κ3) is 2.75. The fourth-order valence-electron chi connectivity index (χ4n) is 3.55. The lowest BCUT2D eigenvalue weighted by molar-refractivity contribution is 0.102. The van der Waals surface area contributed by atoms with Crippen molar-refractivity contribution in [2.45, 2.75) is 26.7 Å². The normalized spacial score (nSPS) is 12.3. The van der Waals surface area contributed by atoms with Crippen LogP contribution in [0, 0.1) is 13.8 Å². The Hall–Kier alpha value is -3.08. The van der Waals surface area contributed by atoms with E-state index in [1.807, 2.05) is 44.2 Å². The van der Waals surface area contributed by atoms with E-state index >= 15 is 0 Å². The number of fused-ring (bicyclic) bond motifs is 3. The maximum atomic E-state index is 12.8. The van der Waals surface area contributed by atoms with Gasteiger partial charge >= 0.3 is 0 Å². The van der Waals surface area contributed by atoms with E-state index in [0.717, 1.165) is 46.7 Å². The predicted octanol–water partition coefficient (Wildman–Crippen LogP) is 4.05. The van der Waals surface area contributed by atoms with Crippen LogP contribution in [0.3, 0.4) is 0 Å². The van der Waals surface area contributed by atoms with Gasteiger partial charge < -0.3 is 10.1 Å². The number of hydrogen-bond donors (Lipinski definition) is 2. The first-order valence-electron chi connectivity index (χ1n) is 8.70. The maximum Gasteiger partial charge on any atom is 0.273 e. The molecular weight excluding hydrogens is 326 g/mol. The molecule has 0 fully saturated rings. The van der Waals surface area contributed by atoms with Gasteiger partial charge in [-0.1, -0.05) is 17.7 Å². The second-order valence-corrected chi connectivity index (χ2v) is 6.72. The first-order valence-corrected chi connectivity index (χ1v) is 8.70. The van der Waals surface area contributed by atoms with E-state index in [1.54, 1.807) is 7.11 Å². The largest absolute Gasteiger partial charge is 0.497 e. The number of rotatable bonds is 3. The summed E-state index contributed by atoms with van der Waals surface area (Å²) in [5.74, 6) is 0.693. The van der Waals surface area contributed by atoms with Crippen LogP contribution >= 0.6 is 0 Å². The van der Waals surface area contributed by atoms with Crippen molar-refractivity contribution >= 4 is 11.6 Å². The van der Waals surface area contributed by atoms with Crippen molar-refractivity contribution < 1.29 is 9.53 Å². The molecule has 2 N–H and O–H groups in total. The highest BCUT2D eigenvalue weighted by Gasteiger charge is 2.25. The van der Waals surface area contributed by atoms with Crippen LogP contribution in [-0.4, -0.2) is 23.2 Å². The molecule has 4 rings (SSSR count). The van der Waals surface area contributed by atoms with Crippen LogP contribution in [0.25, 0.3) is 11.3 Å². The van der Waals surface area contributed by atoms with E-state index in [-0.39, 0.29) is 5.91 Å². The van der Waals surface area contributed by atoms with Crippen molar-refractivity contribution in [3.63, 3.8) is 0 Å². The zero-order valence-corrected chi connectivity index (χ0v) is 15.1. The van der Waals surface area contributed by atoms with E-state index in [1.165, 1.54) is 11.1 Å². The Morgan fingerprint density at radius 3 is 2.77 bits per heavy atom. The monoisotopic (exact) mass is 347 g/mol. The van der Waals surface area contributed by atoms with Crippen LogP contribution in [0.15, 0.2) is 36.4 Å². The average Bonchev–Trinajstić information content (AvgIpc) is 3.08. The molecule has 1 heterocycles. The summed E-state index contributed by atoms with van der Waals surface area (Å²) in [6, 6.07) is 12.0. The minimum absolute atomic E-state index is 0.150. The van der Waals surface area contributed by atoms with Crippen molar-refractivity contribution in [3.8, 4) is 17.0 Å². The molecule has 5 heteroatoms. The zero-order valence-electron chi connectivity index (χ0n) is 15.1. The Balaban J connectivity index is 1.65. The highest BCUT2D eigenvalue weighted by molar-refractivity contribution is 6.05. The van der Waals surface area contributed by atoms with Crippen LogP contribution in [-0.2, 0) is 12.8 Å². The summed E-state index contributed by atoms with van der Waals surface area (Å²) in [7, 11) is 1.67. The number of hydrogen-bond acceptors (Lipinski definition) is 3. The van der Waals surface area contributed by atoms with Crippen LogP contribution in [0.1, 0.15) is 32.7 Å². The van der Waals surface area contributed by atoms with Crippen LogP contribution in [0.5, 0.6) is 5.75 Å². The molecule has 0 saturated carbocycles. The first-order chi connectivity index (χ1) is 12.6. The Morgan fingerprint density at radius 1 is 1.15 bits per heavy atom. The topological polar surface area (TPSA) is 67.0 Å². The number of amides is 1. The molecule has 0 atom stereocenters. The van der Waals surface area contributed by atoms with Crippen molar-refractivity contribution in [1.82, 2.24) is 10.2 Å². The second-order valence-electron chi connectivity index (χ2n) is 6.72. The van der Waals surface area contributed by atoms with Gasteiger partial charge in [-0.3, -0.25) is 9.89 Å². The van der Waals surface area contributed by atoms with Crippen molar-refractivity contribution in [3.05, 3.63) is 64.3 Å². The molecule has 1 aromatic heterocycles. The number of nitrogens with zero attached hydrogens (tertiary/aromatic N) is 1.